The highest BCUT2D eigenvalue weighted by Crippen LogP contribution is 2.41. The average Bonchev–Trinajstić information content (AvgIpc) is 2.66. The molecule has 0 bridgehead atoms. The first-order chi connectivity index (χ1) is 14.1. The first-order valence-electron chi connectivity index (χ1n) is 10.6. The highest BCUT2D eigenvalue weighted by molar-refractivity contribution is 6.07. The number of rotatable bonds is 5. The fraction of sp³-hybridized carbons (Fsp3) is 0.286. The van der Waals surface area contributed by atoms with Gasteiger partial charge in [-0.15, -0.1) is 0 Å². The molecule has 0 amide bonds. The molecule has 4 aromatic rings. The van der Waals surface area contributed by atoms with Crippen molar-refractivity contribution >= 4 is 21.5 Å². The van der Waals surface area contributed by atoms with Gasteiger partial charge in [0.1, 0.15) is 0 Å². The molecule has 0 unspecified atom stereocenters. The van der Waals surface area contributed by atoms with Gasteiger partial charge in [0.2, 0.25) is 0 Å². The van der Waals surface area contributed by atoms with Gasteiger partial charge in [0, 0.05) is 12.8 Å². The number of aliphatic hydroxyl groups is 2. The first kappa shape index (κ1) is 20.6. The zero-order valence-electron chi connectivity index (χ0n) is 18.2. The molecule has 0 aromatic heterocycles. The fourth-order valence-corrected chi connectivity index (χ4v) is 4.45. The predicted octanol–water partition coefficient (Wildman–Crippen LogP) is 6.29. The van der Waals surface area contributed by atoms with Crippen molar-refractivity contribution in [2.75, 3.05) is 0 Å². The van der Waals surface area contributed by atoms with E-state index >= 15 is 0 Å². The second-order valence-corrected chi connectivity index (χ2v) is 9.62. The molecule has 0 aliphatic carbocycles. The van der Waals surface area contributed by atoms with Gasteiger partial charge in [-0.05, 0) is 71.5 Å². The minimum atomic E-state index is -0.821. The van der Waals surface area contributed by atoms with Crippen LogP contribution < -0.4 is 0 Å². The molecule has 154 valence electrons. The Bertz CT molecular complexity index is 1110. The molecule has 0 radical (unpaired) electrons. The summed E-state index contributed by atoms with van der Waals surface area (Å²) in [5.74, 6) is 0. The Balaban J connectivity index is 2.13. The maximum atomic E-state index is 10.6. The van der Waals surface area contributed by atoms with Crippen LogP contribution in [0.1, 0.15) is 38.8 Å². The van der Waals surface area contributed by atoms with Gasteiger partial charge in [0.25, 0.3) is 0 Å². The van der Waals surface area contributed by atoms with Gasteiger partial charge in [-0.25, -0.2) is 0 Å². The van der Waals surface area contributed by atoms with Crippen LogP contribution in [0, 0.1) is 0 Å². The Labute approximate surface area is 178 Å². The monoisotopic (exact) mass is 398 g/mol. The standard InChI is InChI=1S/C28H30O2/c1-27(2,29)17-21-15-13-19-9-5-7-11-23(19)25(21)26-22(18-28(3,4)30)16-14-20-10-6-8-12-24(20)26/h5-16,29-30H,17-18H2,1-4H3. The lowest BCUT2D eigenvalue weighted by Gasteiger charge is -2.25. The lowest BCUT2D eigenvalue weighted by molar-refractivity contribution is 0.0800. The van der Waals surface area contributed by atoms with Crippen LogP contribution in [-0.2, 0) is 12.8 Å². The Hall–Kier alpha value is -2.68. The molecule has 2 N–H and O–H groups in total. The number of hydrogen-bond donors (Lipinski definition) is 2. The first-order valence-corrected chi connectivity index (χ1v) is 10.6. The SMILES string of the molecule is CC(C)(O)Cc1ccc2ccccc2c1-c1c(CC(C)(C)O)ccc2ccccc12. The van der Waals surface area contributed by atoms with Crippen molar-refractivity contribution < 1.29 is 10.2 Å². The Morgan fingerprint density at radius 3 is 1.27 bits per heavy atom. The number of hydrogen-bond acceptors (Lipinski definition) is 2. The normalized spacial score (nSPS) is 12.6. The molecule has 0 atom stereocenters. The maximum Gasteiger partial charge on any atom is 0.0632 e. The van der Waals surface area contributed by atoms with Crippen molar-refractivity contribution in [3.63, 3.8) is 0 Å². The van der Waals surface area contributed by atoms with Crippen LogP contribution in [0.2, 0.25) is 0 Å². The van der Waals surface area contributed by atoms with E-state index in [4.69, 9.17) is 0 Å². The maximum absolute atomic E-state index is 10.6. The van der Waals surface area contributed by atoms with E-state index in [1.165, 1.54) is 21.5 Å². The summed E-state index contributed by atoms with van der Waals surface area (Å²) in [4.78, 5) is 0. The molecular formula is C28H30O2. The summed E-state index contributed by atoms with van der Waals surface area (Å²) in [5, 5.41) is 26.0. The summed E-state index contributed by atoms with van der Waals surface area (Å²) < 4.78 is 0. The third-order valence-electron chi connectivity index (χ3n) is 5.53. The largest absolute Gasteiger partial charge is 0.390 e. The molecule has 4 rings (SSSR count). The third-order valence-corrected chi connectivity index (χ3v) is 5.53. The molecule has 0 spiro atoms. The molecule has 0 saturated heterocycles. The Kier molecular flexibility index (Phi) is 5.17. The van der Waals surface area contributed by atoms with E-state index in [-0.39, 0.29) is 0 Å². The molecule has 0 aliphatic heterocycles. The van der Waals surface area contributed by atoms with Crippen LogP contribution in [-0.4, -0.2) is 21.4 Å². The van der Waals surface area contributed by atoms with Gasteiger partial charge < -0.3 is 10.2 Å². The second-order valence-electron chi connectivity index (χ2n) is 9.62. The molecule has 4 aromatic carbocycles. The van der Waals surface area contributed by atoms with Crippen molar-refractivity contribution in [2.45, 2.75) is 51.7 Å². The summed E-state index contributed by atoms with van der Waals surface area (Å²) in [6.45, 7) is 7.42. The van der Waals surface area contributed by atoms with Gasteiger partial charge >= 0.3 is 0 Å². The van der Waals surface area contributed by atoms with E-state index in [2.05, 4.69) is 72.8 Å². The van der Waals surface area contributed by atoms with Crippen LogP contribution in [0.15, 0.2) is 72.8 Å². The van der Waals surface area contributed by atoms with E-state index in [1.54, 1.807) is 0 Å². The predicted molar refractivity (Wildman–Crippen MR) is 127 cm³/mol. The van der Waals surface area contributed by atoms with Crippen molar-refractivity contribution in [3.05, 3.63) is 83.9 Å². The summed E-state index contributed by atoms with van der Waals surface area (Å²) >= 11 is 0. The zero-order valence-corrected chi connectivity index (χ0v) is 18.2. The number of benzene rings is 4. The van der Waals surface area contributed by atoms with Gasteiger partial charge in [-0.2, -0.15) is 0 Å². The molecule has 0 fully saturated rings. The summed E-state index contributed by atoms with van der Waals surface area (Å²) in [7, 11) is 0. The molecule has 2 nitrogen and oxygen atoms in total. The van der Waals surface area contributed by atoms with Crippen LogP contribution in [0.5, 0.6) is 0 Å². The van der Waals surface area contributed by atoms with Gasteiger partial charge in [0.05, 0.1) is 11.2 Å². The van der Waals surface area contributed by atoms with Crippen molar-refractivity contribution in [1.82, 2.24) is 0 Å². The molecule has 30 heavy (non-hydrogen) atoms. The van der Waals surface area contributed by atoms with E-state index in [0.29, 0.717) is 12.8 Å². The van der Waals surface area contributed by atoms with Crippen LogP contribution in [0.25, 0.3) is 32.7 Å². The van der Waals surface area contributed by atoms with Crippen molar-refractivity contribution in [3.8, 4) is 11.1 Å². The fourth-order valence-electron chi connectivity index (χ4n) is 4.45. The van der Waals surface area contributed by atoms with Crippen LogP contribution in [0.3, 0.4) is 0 Å². The van der Waals surface area contributed by atoms with Crippen molar-refractivity contribution in [1.29, 1.82) is 0 Å². The van der Waals surface area contributed by atoms with E-state index in [1.807, 2.05) is 27.7 Å². The minimum absolute atomic E-state index is 0.554. The minimum Gasteiger partial charge on any atom is -0.390 e. The summed E-state index contributed by atoms with van der Waals surface area (Å²) in [6.07, 6.45) is 1.11. The molecular weight excluding hydrogens is 368 g/mol. The average molecular weight is 399 g/mol. The highest BCUT2D eigenvalue weighted by Gasteiger charge is 2.23. The van der Waals surface area contributed by atoms with E-state index in [9.17, 15) is 10.2 Å². The van der Waals surface area contributed by atoms with Crippen LogP contribution in [0.4, 0.5) is 0 Å². The Morgan fingerprint density at radius 1 is 0.533 bits per heavy atom. The van der Waals surface area contributed by atoms with Crippen molar-refractivity contribution in [2.24, 2.45) is 0 Å². The quantitative estimate of drug-likeness (QED) is 0.415. The molecule has 0 saturated carbocycles. The molecule has 0 heterocycles. The second kappa shape index (κ2) is 7.54. The highest BCUT2D eigenvalue weighted by atomic mass is 16.3. The molecule has 2 heteroatoms. The lowest BCUT2D eigenvalue weighted by Crippen LogP contribution is -2.23. The Morgan fingerprint density at radius 2 is 0.900 bits per heavy atom. The topological polar surface area (TPSA) is 40.5 Å². The van der Waals surface area contributed by atoms with Gasteiger partial charge in [-0.1, -0.05) is 72.8 Å². The number of fused-ring (bicyclic) bond motifs is 2. The molecule has 0 aliphatic rings. The van der Waals surface area contributed by atoms with Gasteiger partial charge in [0.15, 0.2) is 0 Å². The lowest BCUT2D eigenvalue weighted by atomic mass is 9.82. The summed E-state index contributed by atoms with van der Waals surface area (Å²) in [6, 6.07) is 25.4. The zero-order chi connectivity index (χ0) is 21.5. The third kappa shape index (κ3) is 4.26. The van der Waals surface area contributed by atoms with E-state index < -0.39 is 11.2 Å². The van der Waals surface area contributed by atoms with Crippen LogP contribution >= 0.6 is 0 Å². The van der Waals surface area contributed by atoms with E-state index in [0.717, 1.165) is 22.3 Å². The van der Waals surface area contributed by atoms with Gasteiger partial charge in [-0.3, -0.25) is 0 Å². The summed E-state index contributed by atoms with van der Waals surface area (Å²) in [5.41, 5.74) is 2.91. The smallest absolute Gasteiger partial charge is 0.0632 e.